The molecule has 2 unspecified atom stereocenters. The summed E-state index contributed by atoms with van der Waals surface area (Å²) in [5, 5.41) is 17.2. The van der Waals surface area contributed by atoms with Crippen LogP contribution in [-0.4, -0.2) is 35.2 Å². The molecule has 0 aromatic carbocycles. The maximum Gasteiger partial charge on any atom is 0.314 e. The molecule has 0 fully saturated rings. The molecule has 1 aromatic heterocycles. The number of hydrogen-bond acceptors (Lipinski definition) is 4. The average molecular weight is 299 g/mol. The number of nitrogens with zero attached hydrogens (tertiary/aromatic N) is 1. The van der Waals surface area contributed by atoms with Gasteiger partial charge in [0, 0.05) is 30.6 Å². The lowest BCUT2D eigenvalue weighted by atomic mass is 10.0. The van der Waals surface area contributed by atoms with Crippen LogP contribution in [0.2, 0.25) is 0 Å². The van der Waals surface area contributed by atoms with Crippen molar-refractivity contribution in [3.05, 3.63) is 16.6 Å². The molecule has 112 valence electrons. The quantitative estimate of drug-likeness (QED) is 0.685. The lowest BCUT2D eigenvalue weighted by Crippen LogP contribution is -2.41. The highest BCUT2D eigenvalue weighted by atomic mass is 32.1. The van der Waals surface area contributed by atoms with Gasteiger partial charge in [-0.2, -0.15) is 0 Å². The number of aromatic nitrogens is 1. The first-order valence-corrected chi connectivity index (χ1v) is 7.56. The molecule has 3 N–H and O–H groups in total. The zero-order valence-electron chi connectivity index (χ0n) is 11.8. The van der Waals surface area contributed by atoms with E-state index in [1.807, 2.05) is 19.2 Å². The molecule has 0 aliphatic heterocycles. The first kappa shape index (κ1) is 16.4. The minimum absolute atomic E-state index is 0.145. The summed E-state index contributed by atoms with van der Waals surface area (Å²) in [7, 11) is 0. The molecule has 1 rings (SSSR count). The van der Waals surface area contributed by atoms with E-state index in [1.54, 1.807) is 17.5 Å². The van der Waals surface area contributed by atoms with Crippen molar-refractivity contribution < 1.29 is 14.7 Å². The monoisotopic (exact) mass is 299 g/mol. The number of amides is 2. The number of carboxylic acid groups (broad SMARTS) is 1. The van der Waals surface area contributed by atoms with Crippen molar-refractivity contribution >= 4 is 23.3 Å². The lowest BCUT2D eigenvalue weighted by molar-refractivity contribution is -0.141. The molecule has 1 heterocycles. The van der Waals surface area contributed by atoms with Gasteiger partial charge >= 0.3 is 12.0 Å². The van der Waals surface area contributed by atoms with Crippen LogP contribution in [0.4, 0.5) is 4.79 Å². The number of thiazole rings is 1. The van der Waals surface area contributed by atoms with E-state index in [9.17, 15) is 9.59 Å². The van der Waals surface area contributed by atoms with Gasteiger partial charge in [-0.05, 0) is 6.42 Å². The average Bonchev–Trinajstić information content (AvgIpc) is 2.94. The highest BCUT2D eigenvalue weighted by Crippen LogP contribution is 2.16. The Labute approximate surface area is 122 Å². The van der Waals surface area contributed by atoms with Crippen LogP contribution in [0.25, 0.3) is 0 Å². The van der Waals surface area contributed by atoms with Crippen molar-refractivity contribution in [2.24, 2.45) is 5.92 Å². The second-order valence-corrected chi connectivity index (χ2v) is 5.61. The summed E-state index contributed by atoms with van der Waals surface area (Å²) in [6.07, 6.45) is 3.07. The van der Waals surface area contributed by atoms with E-state index in [2.05, 4.69) is 15.6 Å². The smallest absolute Gasteiger partial charge is 0.314 e. The maximum atomic E-state index is 11.6. The number of carbonyl (C=O) groups is 2. The molecular formula is C13H21N3O3S. The molecule has 0 saturated heterocycles. The van der Waals surface area contributed by atoms with E-state index in [1.165, 1.54) is 0 Å². The zero-order valence-corrected chi connectivity index (χ0v) is 12.6. The summed E-state index contributed by atoms with van der Waals surface area (Å²) in [4.78, 5) is 26.7. The fourth-order valence-electron chi connectivity index (χ4n) is 1.75. The first-order chi connectivity index (χ1) is 9.54. The van der Waals surface area contributed by atoms with Crippen LogP contribution in [0.15, 0.2) is 11.6 Å². The molecule has 1 aromatic rings. The number of hydrogen-bond donors (Lipinski definition) is 3. The Bertz CT molecular complexity index is 423. The minimum atomic E-state index is -0.872. The fraction of sp³-hybridized carbons (Fsp3) is 0.615. The molecule has 0 bridgehead atoms. The van der Waals surface area contributed by atoms with Gasteiger partial charge in [-0.1, -0.05) is 20.3 Å². The topological polar surface area (TPSA) is 91.3 Å². The summed E-state index contributed by atoms with van der Waals surface area (Å²) >= 11 is 1.55. The molecule has 7 heteroatoms. The molecule has 0 aliphatic carbocycles. The van der Waals surface area contributed by atoms with Gasteiger partial charge in [0.15, 0.2) is 0 Å². The second-order valence-electron chi connectivity index (χ2n) is 4.69. The first-order valence-electron chi connectivity index (χ1n) is 6.68. The Hall–Kier alpha value is -1.63. The van der Waals surface area contributed by atoms with E-state index in [0.29, 0.717) is 13.0 Å². The Morgan fingerprint density at radius 3 is 2.65 bits per heavy atom. The van der Waals surface area contributed by atoms with Gasteiger partial charge in [0.25, 0.3) is 0 Å². The zero-order chi connectivity index (χ0) is 15.0. The van der Waals surface area contributed by atoms with E-state index >= 15 is 0 Å². The summed E-state index contributed by atoms with van der Waals surface area (Å²) in [5.41, 5.74) is 0. The summed E-state index contributed by atoms with van der Waals surface area (Å²) in [6.45, 7) is 4.54. The number of rotatable bonds is 8. The molecule has 0 aliphatic rings. The number of urea groups is 1. The fourth-order valence-corrected chi connectivity index (χ4v) is 2.45. The largest absolute Gasteiger partial charge is 0.481 e. The van der Waals surface area contributed by atoms with Crippen LogP contribution in [0.5, 0.6) is 0 Å². The minimum Gasteiger partial charge on any atom is -0.481 e. The SMILES string of the molecule is CCCC(CNC(=O)NCC(C)c1nccs1)C(=O)O. The van der Waals surface area contributed by atoms with Crippen LogP contribution >= 0.6 is 11.3 Å². The molecule has 20 heavy (non-hydrogen) atoms. The molecule has 0 radical (unpaired) electrons. The summed E-state index contributed by atoms with van der Waals surface area (Å²) in [5.74, 6) is -1.25. The molecule has 2 amide bonds. The number of carbonyl (C=O) groups excluding carboxylic acids is 1. The standard InChI is InChI=1S/C13H21N3O3S/c1-3-4-10(12(17)18)8-16-13(19)15-7-9(2)11-14-5-6-20-11/h5-6,9-10H,3-4,7-8H2,1-2H3,(H,17,18)(H2,15,16,19). The third-order valence-electron chi connectivity index (χ3n) is 2.94. The van der Waals surface area contributed by atoms with Crippen LogP contribution < -0.4 is 10.6 Å². The van der Waals surface area contributed by atoms with Gasteiger partial charge in [-0.25, -0.2) is 9.78 Å². The highest BCUT2D eigenvalue weighted by Gasteiger charge is 2.17. The third-order valence-corrected chi connectivity index (χ3v) is 3.94. The summed E-state index contributed by atoms with van der Waals surface area (Å²) < 4.78 is 0. The highest BCUT2D eigenvalue weighted by molar-refractivity contribution is 7.09. The van der Waals surface area contributed by atoms with Gasteiger partial charge in [0.05, 0.1) is 10.9 Å². The Morgan fingerprint density at radius 2 is 2.10 bits per heavy atom. The lowest BCUT2D eigenvalue weighted by Gasteiger charge is -2.14. The Morgan fingerprint density at radius 1 is 1.40 bits per heavy atom. The molecule has 0 spiro atoms. The Kier molecular flexibility index (Phi) is 7.00. The predicted octanol–water partition coefficient (Wildman–Crippen LogP) is 2.05. The van der Waals surface area contributed by atoms with Crippen LogP contribution in [0.3, 0.4) is 0 Å². The normalized spacial score (nSPS) is 13.5. The van der Waals surface area contributed by atoms with Gasteiger partial charge < -0.3 is 15.7 Å². The molecule has 6 nitrogen and oxygen atoms in total. The van der Waals surface area contributed by atoms with E-state index in [0.717, 1.165) is 11.4 Å². The van der Waals surface area contributed by atoms with Crippen LogP contribution in [0.1, 0.15) is 37.6 Å². The van der Waals surface area contributed by atoms with Gasteiger partial charge in [-0.3, -0.25) is 4.79 Å². The van der Waals surface area contributed by atoms with Crippen LogP contribution in [-0.2, 0) is 4.79 Å². The number of nitrogens with one attached hydrogen (secondary N) is 2. The second kappa shape index (κ2) is 8.52. The van der Waals surface area contributed by atoms with Crippen molar-refractivity contribution in [2.75, 3.05) is 13.1 Å². The predicted molar refractivity (Wildman–Crippen MR) is 78.0 cm³/mol. The van der Waals surface area contributed by atoms with Crippen molar-refractivity contribution in [3.63, 3.8) is 0 Å². The van der Waals surface area contributed by atoms with E-state index in [-0.39, 0.29) is 18.5 Å². The third kappa shape index (κ3) is 5.56. The van der Waals surface area contributed by atoms with Crippen molar-refractivity contribution in [2.45, 2.75) is 32.6 Å². The van der Waals surface area contributed by atoms with E-state index in [4.69, 9.17) is 5.11 Å². The molecule has 0 saturated carbocycles. The molecule has 2 atom stereocenters. The van der Waals surface area contributed by atoms with Gasteiger partial charge in [0.1, 0.15) is 0 Å². The van der Waals surface area contributed by atoms with Crippen LogP contribution in [0, 0.1) is 5.92 Å². The maximum absolute atomic E-state index is 11.6. The number of carboxylic acids is 1. The van der Waals surface area contributed by atoms with E-state index < -0.39 is 11.9 Å². The molecular weight excluding hydrogens is 278 g/mol. The van der Waals surface area contributed by atoms with Crippen molar-refractivity contribution in [1.82, 2.24) is 15.6 Å². The summed E-state index contributed by atoms with van der Waals surface area (Å²) in [6, 6.07) is -0.337. The van der Waals surface area contributed by atoms with Crippen molar-refractivity contribution in [3.8, 4) is 0 Å². The Balaban J connectivity index is 2.27. The van der Waals surface area contributed by atoms with Gasteiger partial charge in [-0.15, -0.1) is 11.3 Å². The van der Waals surface area contributed by atoms with Gasteiger partial charge in [0.2, 0.25) is 0 Å². The van der Waals surface area contributed by atoms with Crippen molar-refractivity contribution in [1.29, 1.82) is 0 Å². The number of aliphatic carboxylic acids is 1.